The Morgan fingerprint density at radius 1 is 1.19 bits per heavy atom. The molecule has 0 aliphatic heterocycles. The van der Waals surface area contributed by atoms with Gasteiger partial charge in [0.2, 0.25) is 10.0 Å². The zero-order valence-electron chi connectivity index (χ0n) is 14.7. The Bertz CT molecular complexity index is 1080. The summed E-state index contributed by atoms with van der Waals surface area (Å²) in [4.78, 5) is 7.07. The number of benzene rings is 2. The van der Waals surface area contributed by atoms with E-state index in [0.717, 1.165) is 16.6 Å². The minimum absolute atomic E-state index is 0.149. The maximum absolute atomic E-state index is 12.7. The highest BCUT2D eigenvalue weighted by molar-refractivity contribution is 7.92. The van der Waals surface area contributed by atoms with Gasteiger partial charge in [0.05, 0.1) is 22.5 Å². The summed E-state index contributed by atoms with van der Waals surface area (Å²) in [5.74, 6) is 0.421. The largest absolute Gasteiger partial charge is 0.338 e. The molecule has 1 N–H and O–H groups in total. The van der Waals surface area contributed by atoms with Crippen LogP contribution >= 0.6 is 34.8 Å². The maximum Gasteiger partial charge on any atom is 0.235 e. The zero-order valence-corrected chi connectivity index (χ0v) is 17.8. The van der Waals surface area contributed by atoms with E-state index in [2.05, 4.69) is 9.97 Å². The molecule has 0 aliphatic rings. The van der Waals surface area contributed by atoms with Gasteiger partial charge in [-0.05, 0) is 43.7 Å². The van der Waals surface area contributed by atoms with Crippen molar-refractivity contribution >= 4 is 61.5 Å². The van der Waals surface area contributed by atoms with Gasteiger partial charge in [0.15, 0.2) is 0 Å². The standard InChI is InChI=1S/C18H18Cl3N3O2S/c1-11-3-6-16(24(2)27(25,26)8-7-17(20)21)13(9-11)18-22-14-5-4-12(19)10-15(14)23-18/h3-6,9-10,17H,7-8H2,1-2H3,(H,22,23). The van der Waals surface area contributed by atoms with Crippen LogP contribution in [0.3, 0.4) is 0 Å². The third kappa shape index (κ3) is 4.51. The molecule has 0 radical (unpaired) electrons. The van der Waals surface area contributed by atoms with E-state index in [1.165, 1.54) is 11.4 Å². The van der Waals surface area contributed by atoms with Crippen LogP contribution < -0.4 is 4.31 Å². The SMILES string of the molecule is Cc1ccc(N(C)S(=O)(=O)CCC(Cl)Cl)c(-c2nc3ccc(Cl)cc3[nH]2)c1. The lowest BCUT2D eigenvalue weighted by Gasteiger charge is -2.22. The summed E-state index contributed by atoms with van der Waals surface area (Å²) in [6, 6.07) is 10.9. The fourth-order valence-corrected chi connectivity index (χ4v) is 4.66. The molecule has 0 amide bonds. The molecule has 5 nitrogen and oxygen atoms in total. The summed E-state index contributed by atoms with van der Waals surface area (Å²) in [7, 11) is -2.07. The van der Waals surface area contributed by atoms with E-state index in [0.29, 0.717) is 22.1 Å². The summed E-state index contributed by atoms with van der Waals surface area (Å²) < 4.78 is 26.6. The van der Waals surface area contributed by atoms with E-state index >= 15 is 0 Å². The molecule has 9 heteroatoms. The molecule has 144 valence electrons. The van der Waals surface area contributed by atoms with E-state index < -0.39 is 14.9 Å². The van der Waals surface area contributed by atoms with Crippen molar-refractivity contribution in [1.29, 1.82) is 0 Å². The smallest absolute Gasteiger partial charge is 0.235 e. The number of aryl methyl sites for hydroxylation is 1. The lowest BCUT2D eigenvalue weighted by atomic mass is 10.1. The van der Waals surface area contributed by atoms with Crippen LogP contribution in [0.2, 0.25) is 5.02 Å². The average molecular weight is 447 g/mol. The van der Waals surface area contributed by atoms with E-state index in [9.17, 15) is 8.42 Å². The molecule has 3 aromatic rings. The van der Waals surface area contributed by atoms with E-state index in [4.69, 9.17) is 34.8 Å². The third-order valence-corrected chi connectivity index (χ3v) is 6.66. The quantitative estimate of drug-likeness (QED) is 0.532. The minimum atomic E-state index is -3.59. The zero-order chi connectivity index (χ0) is 19.8. The molecule has 0 saturated heterocycles. The molecule has 0 spiro atoms. The lowest BCUT2D eigenvalue weighted by Crippen LogP contribution is -2.30. The summed E-state index contributed by atoms with van der Waals surface area (Å²) in [5.41, 5.74) is 3.72. The number of hydrogen-bond donors (Lipinski definition) is 1. The number of anilines is 1. The van der Waals surface area contributed by atoms with Crippen LogP contribution in [0.25, 0.3) is 22.4 Å². The number of hydrogen-bond acceptors (Lipinski definition) is 3. The Morgan fingerprint density at radius 2 is 1.93 bits per heavy atom. The van der Waals surface area contributed by atoms with Gasteiger partial charge in [-0.25, -0.2) is 13.4 Å². The van der Waals surface area contributed by atoms with Crippen LogP contribution in [-0.2, 0) is 10.0 Å². The number of H-pyrrole nitrogens is 1. The monoisotopic (exact) mass is 445 g/mol. The number of alkyl halides is 2. The van der Waals surface area contributed by atoms with Gasteiger partial charge in [0.25, 0.3) is 0 Å². The van der Waals surface area contributed by atoms with Gasteiger partial charge in [-0.15, -0.1) is 23.2 Å². The van der Waals surface area contributed by atoms with Crippen molar-refractivity contribution in [2.24, 2.45) is 0 Å². The highest BCUT2D eigenvalue weighted by Crippen LogP contribution is 2.33. The lowest BCUT2D eigenvalue weighted by molar-refractivity contribution is 0.592. The predicted octanol–water partition coefficient (Wildman–Crippen LogP) is 5.15. The molecule has 0 atom stereocenters. The number of aromatic nitrogens is 2. The van der Waals surface area contributed by atoms with Crippen molar-refractivity contribution in [1.82, 2.24) is 9.97 Å². The normalized spacial score (nSPS) is 12.1. The van der Waals surface area contributed by atoms with Crippen molar-refractivity contribution < 1.29 is 8.42 Å². The van der Waals surface area contributed by atoms with Gasteiger partial charge in [-0.2, -0.15) is 0 Å². The number of nitrogens with zero attached hydrogens (tertiary/aromatic N) is 2. The fourth-order valence-electron chi connectivity index (χ4n) is 2.75. The van der Waals surface area contributed by atoms with Crippen LogP contribution in [0.15, 0.2) is 36.4 Å². The van der Waals surface area contributed by atoms with Crippen molar-refractivity contribution in [3.05, 3.63) is 47.0 Å². The molecule has 0 aliphatic carbocycles. The van der Waals surface area contributed by atoms with Crippen LogP contribution in [-0.4, -0.2) is 36.0 Å². The van der Waals surface area contributed by atoms with E-state index in [1.54, 1.807) is 18.2 Å². The molecular weight excluding hydrogens is 429 g/mol. The molecular formula is C18H18Cl3N3O2S. The summed E-state index contributed by atoms with van der Waals surface area (Å²) in [6.45, 7) is 1.94. The number of sulfonamides is 1. The minimum Gasteiger partial charge on any atom is -0.338 e. The van der Waals surface area contributed by atoms with Gasteiger partial charge in [-0.3, -0.25) is 4.31 Å². The fraction of sp³-hybridized carbons (Fsp3) is 0.278. The first-order valence-electron chi connectivity index (χ1n) is 8.18. The van der Waals surface area contributed by atoms with Crippen molar-refractivity contribution in [2.75, 3.05) is 17.1 Å². The number of halogens is 3. The predicted molar refractivity (Wildman–Crippen MR) is 114 cm³/mol. The first-order chi connectivity index (χ1) is 12.7. The molecule has 0 bridgehead atoms. The van der Waals surface area contributed by atoms with Crippen LogP contribution in [0.4, 0.5) is 5.69 Å². The van der Waals surface area contributed by atoms with Gasteiger partial charge in [-0.1, -0.05) is 23.2 Å². The Morgan fingerprint density at radius 3 is 2.63 bits per heavy atom. The number of fused-ring (bicyclic) bond motifs is 1. The molecule has 27 heavy (non-hydrogen) atoms. The number of rotatable bonds is 6. The maximum atomic E-state index is 12.7. The number of aromatic amines is 1. The second-order valence-electron chi connectivity index (χ2n) is 6.23. The summed E-state index contributed by atoms with van der Waals surface area (Å²) in [5, 5.41) is 0.596. The Balaban J connectivity index is 2.07. The molecule has 0 saturated carbocycles. The van der Waals surface area contributed by atoms with Crippen molar-refractivity contribution in [3.63, 3.8) is 0 Å². The van der Waals surface area contributed by atoms with Gasteiger partial charge in [0, 0.05) is 17.6 Å². The summed E-state index contributed by atoms with van der Waals surface area (Å²) in [6.07, 6.45) is 0.153. The first kappa shape index (κ1) is 20.3. The van der Waals surface area contributed by atoms with Gasteiger partial charge >= 0.3 is 0 Å². The first-order valence-corrected chi connectivity index (χ1v) is 11.0. The van der Waals surface area contributed by atoms with Crippen molar-refractivity contribution in [2.45, 2.75) is 18.2 Å². The molecule has 1 aromatic heterocycles. The van der Waals surface area contributed by atoms with E-state index in [-0.39, 0.29) is 12.2 Å². The topological polar surface area (TPSA) is 66.1 Å². The Labute approximate surface area is 173 Å². The molecule has 1 heterocycles. The Hall–Kier alpha value is -1.47. The highest BCUT2D eigenvalue weighted by Gasteiger charge is 2.23. The second-order valence-corrected chi connectivity index (χ2v) is 10.1. The number of nitrogens with one attached hydrogen (secondary N) is 1. The Kier molecular flexibility index (Phi) is 5.91. The molecule has 2 aromatic carbocycles. The molecule has 0 fully saturated rings. The number of imidazole rings is 1. The third-order valence-electron chi connectivity index (χ3n) is 4.20. The van der Waals surface area contributed by atoms with Crippen molar-refractivity contribution in [3.8, 4) is 11.4 Å². The van der Waals surface area contributed by atoms with E-state index in [1.807, 2.05) is 25.1 Å². The molecule has 3 rings (SSSR count). The molecule has 0 unspecified atom stereocenters. The van der Waals surface area contributed by atoms with Gasteiger partial charge < -0.3 is 4.98 Å². The summed E-state index contributed by atoms with van der Waals surface area (Å²) >= 11 is 17.4. The average Bonchev–Trinajstić information content (AvgIpc) is 3.02. The highest BCUT2D eigenvalue weighted by atomic mass is 35.5. The van der Waals surface area contributed by atoms with Crippen LogP contribution in [0.1, 0.15) is 12.0 Å². The van der Waals surface area contributed by atoms with Gasteiger partial charge in [0.1, 0.15) is 10.7 Å². The van der Waals surface area contributed by atoms with Crippen LogP contribution in [0, 0.1) is 6.92 Å². The second kappa shape index (κ2) is 7.87. The van der Waals surface area contributed by atoms with Crippen LogP contribution in [0.5, 0.6) is 0 Å².